The Morgan fingerprint density at radius 2 is 1.92 bits per heavy atom. The zero-order valence-electron chi connectivity index (χ0n) is 14.5. The van der Waals surface area contributed by atoms with Crippen LogP contribution in [0.15, 0.2) is 29.6 Å². The highest BCUT2D eigenvalue weighted by Crippen LogP contribution is 2.30. The molecule has 0 N–H and O–H groups in total. The molecule has 0 atom stereocenters. The van der Waals surface area contributed by atoms with Gasteiger partial charge in [0.2, 0.25) is 0 Å². The lowest BCUT2D eigenvalue weighted by Crippen LogP contribution is -2.49. The second-order valence-electron chi connectivity index (χ2n) is 6.92. The van der Waals surface area contributed by atoms with E-state index in [0.717, 1.165) is 53.8 Å². The van der Waals surface area contributed by atoms with E-state index in [1.807, 2.05) is 35.4 Å². The molecular weight excluding hydrogens is 335 g/mol. The third kappa shape index (κ3) is 3.48. The predicted octanol–water partition coefficient (Wildman–Crippen LogP) is 4.04. The van der Waals surface area contributed by atoms with E-state index in [1.54, 1.807) is 6.07 Å². The van der Waals surface area contributed by atoms with E-state index in [4.69, 9.17) is 0 Å². The fourth-order valence-corrected chi connectivity index (χ4v) is 4.38. The van der Waals surface area contributed by atoms with Crippen molar-refractivity contribution in [2.24, 2.45) is 0 Å². The summed E-state index contributed by atoms with van der Waals surface area (Å²) in [6.45, 7) is 5.53. The van der Waals surface area contributed by atoms with Gasteiger partial charge in [-0.15, -0.1) is 11.3 Å². The molecule has 5 heteroatoms. The molecule has 0 radical (unpaired) electrons. The number of aryl methyl sites for hydroxylation is 1. The van der Waals surface area contributed by atoms with Crippen LogP contribution in [-0.4, -0.2) is 47.9 Å². The van der Waals surface area contributed by atoms with Crippen molar-refractivity contribution in [2.45, 2.75) is 32.2 Å². The number of nitrogens with zero attached hydrogens (tertiary/aromatic N) is 2. The number of benzene rings is 1. The summed E-state index contributed by atoms with van der Waals surface area (Å²) >= 11 is 1.45. The summed E-state index contributed by atoms with van der Waals surface area (Å²) < 4.78 is 14.0. The molecule has 2 heterocycles. The molecule has 1 saturated heterocycles. The van der Waals surface area contributed by atoms with Gasteiger partial charge in [0.1, 0.15) is 5.82 Å². The Balaban J connectivity index is 1.45. The third-order valence-electron chi connectivity index (χ3n) is 5.24. The van der Waals surface area contributed by atoms with Gasteiger partial charge < -0.3 is 4.90 Å². The van der Waals surface area contributed by atoms with Gasteiger partial charge in [0.25, 0.3) is 5.91 Å². The second-order valence-corrected chi connectivity index (χ2v) is 7.83. The fourth-order valence-electron chi connectivity index (χ4n) is 3.50. The summed E-state index contributed by atoms with van der Waals surface area (Å²) in [5.74, 6) is -0.0624. The highest BCUT2D eigenvalue weighted by molar-refractivity contribution is 7.12. The lowest BCUT2D eigenvalue weighted by molar-refractivity contribution is 0.0632. The van der Waals surface area contributed by atoms with Crippen molar-refractivity contribution in [3.05, 3.63) is 45.9 Å². The Morgan fingerprint density at radius 3 is 2.56 bits per heavy atom. The van der Waals surface area contributed by atoms with Crippen molar-refractivity contribution in [3.8, 4) is 11.1 Å². The normalized spacial score (nSPS) is 18.6. The van der Waals surface area contributed by atoms with Crippen LogP contribution in [0.2, 0.25) is 0 Å². The van der Waals surface area contributed by atoms with Crippen molar-refractivity contribution in [1.82, 2.24) is 9.80 Å². The highest BCUT2D eigenvalue weighted by Gasteiger charge is 2.32. The molecule has 4 rings (SSSR count). The number of hydrogen-bond donors (Lipinski definition) is 0. The number of carbonyl (C=O) groups is 1. The van der Waals surface area contributed by atoms with Crippen LogP contribution < -0.4 is 0 Å². The Kier molecular flexibility index (Phi) is 4.61. The molecule has 2 aliphatic rings. The largest absolute Gasteiger partial charge is 0.335 e. The van der Waals surface area contributed by atoms with Crippen LogP contribution in [0.3, 0.4) is 0 Å². The molecule has 1 aliphatic carbocycles. The number of rotatable bonds is 4. The van der Waals surface area contributed by atoms with E-state index in [9.17, 15) is 9.18 Å². The molecule has 0 unspecified atom stereocenters. The standard InChI is InChI=1S/C20H23FN2OS/c1-2-14-3-4-15(11-18(14)21)16-12-19(25-13-16)20(24)23-9-7-22(8-10-23)17-5-6-17/h3-4,11-13,17H,2,5-10H2,1H3. The van der Waals surface area contributed by atoms with E-state index in [0.29, 0.717) is 6.42 Å². The molecule has 1 amide bonds. The molecule has 132 valence electrons. The molecule has 0 bridgehead atoms. The Labute approximate surface area is 152 Å². The monoisotopic (exact) mass is 358 g/mol. The Morgan fingerprint density at radius 1 is 1.16 bits per heavy atom. The zero-order valence-corrected chi connectivity index (χ0v) is 15.3. The van der Waals surface area contributed by atoms with E-state index in [2.05, 4.69) is 4.90 Å². The van der Waals surface area contributed by atoms with E-state index in [-0.39, 0.29) is 11.7 Å². The molecular formula is C20H23FN2OS. The maximum Gasteiger partial charge on any atom is 0.264 e. The minimum absolute atomic E-state index is 0.109. The molecule has 3 nitrogen and oxygen atoms in total. The van der Waals surface area contributed by atoms with Crippen molar-refractivity contribution >= 4 is 17.2 Å². The van der Waals surface area contributed by atoms with Crippen LogP contribution in [0.4, 0.5) is 4.39 Å². The van der Waals surface area contributed by atoms with Crippen molar-refractivity contribution in [3.63, 3.8) is 0 Å². The van der Waals surface area contributed by atoms with Gasteiger partial charge in [0, 0.05) is 32.2 Å². The van der Waals surface area contributed by atoms with Gasteiger partial charge in [-0.25, -0.2) is 4.39 Å². The molecule has 25 heavy (non-hydrogen) atoms. The van der Waals surface area contributed by atoms with Gasteiger partial charge in [-0.3, -0.25) is 9.69 Å². The Hall–Kier alpha value is -1.72. The van der Waals surface area contributed by atoms with E-state index < -0.39 is 0 Å². The van der Waals surface area contributed by atoms with Gasteiger partial charge in [-0.05, 0) is 53.5 Å². The molecule has 1 aliphatic heterocycles. The number of halogens is 1. The van der Waals surface area contributed by atoms with Crippen LogP contribution in [-0.2, 0) is 6.42 Å². The lowest BCUT2D eigenvalue weighted by Gasteiger charge is -2.34. The lowest BCUT2D eigenvalue weighted by atomic mass is 10.0. The fraction of sp³-hybridized carbons (Fsp3) is 0.450. The van der Waals surface area contributed by atoms with Gasteiger partial charge >= 0.3 is 0 Å². The molecule has 1 saturated carbocycles. The summed E-state index contributed by atoms with van der Waals surface area (Å²) in [5, 5.41) is 1.95. The van der Waals surface area contributed by atoms with Gasteiger partial charge in [-0.1, -0.05) is 19.1 Å². The number of thiophene rings is 1. The van der Waals surface area contributed by atoms with Gasteiger partial charge in [0.15, 0.2) is 0 Å². The number of amides is 1. The minimum Gasteiger partial charge on any atom is -0.335 e. The molecule has 0 spiro atoms. The SMILES string of the molecule is CCc1ccc(-c2csc(C(=O)N3CCN(C4CC4)CC3)c2)cc1F. The first-order valence-electron chi connectivity index (χ1n) is 9.06. The quantitative estimate of drug-likeness (QED) is 0.824. The van der Waals surface area contributed by atoms with E-state index in [1.165, 1.54) is 24.2 Å². The number of piperazine rings is 1. The topological polar surface area (TPSA) is 23.6 Å². The first-order valence-corrected chi connectivity index (χ1v) is 9.94. The van der Waals surface area contributed by atoms with Crippen LogP contribution in [0.1, 0.15) is 35.0 Å². The second kappa shape index (κ2) is 6.89. The van der Waals surface area contributed by atoms with Gasteiger partial charge in [-0.2, -0.15) is 0 Å². The first kappa shape index (κ1) is 16.7. The summed E-state index contributed by atoms with van der Waals surface area (Å²) in [6, 6.07) is 8.02. The smallest absolute Gasteiger partial charge is 0.264 e. The van der Waals surface area contributed by atoms with Crippen LogP contribution in [0.25, 0.3) is 11.1 Å². The summed E-state index contributed by atoms with van der Waals surface area (Å²) in [7, 11) is 0. The molecule has 1 aromatic carbocycles. The van der Waals surface area contributed by atoms with Crippen LogP contribution in [0, 0.1) is 5.82 Å². The maximum absolute atomic E-state index is 14.0. The molecule has 2 aromatic rings. The summed E-state index contributed by atoms with van der Waals surface area (Å²) in [5.41, 5.74) is 2.49. The van der Waals surface area contributed by atoms with Gasteiger partial charge in [0.05, 0.1) is 4.88 Å². The zero-order chi connectivity index (χ0) is 17.4. The highest BCUT2D eigenvalue weighted by atomic mass is 32.1. The van der Waals surface area contributed by atoms with Crippen molar-refractivity contribution in [2.75, 3.05) is 26.2 Å². The van der Waals surface area contributed by atoms with Crippen molar-refractivity contribution in [1.29, 1.82) is 0 Å². The van der Waals surface area contributed by atoms with Crippen LogP contribution >= 0.6 is 11.3 Å². The average molecular weight is 358 g/mol. The predicted molar refractivity (Wildman–Crippen MR) is 99.6 cm³/mol. The van der Waals surface area contributed by atoms with Crippen molar-refractivity contribution < 1.29 is 9.18 Å². The molecule has 1 aromatic heterocycles. The van der Waals surface area contributed by atoms with Crippen LogP contribution in [0.5, 0.6) is 0 Å². The number of hydrogen-bond acceptors (Lipinski definition) is 3. The maximum atomic E-state index is 14.0. The summed E-state index contributed by atoms with van der Waals surface area (Å²) in [6.07, 6.45) is 3.32. The third-order valence-corrected chi connectivity index (χ3v) is 6.16. The Bertz CT molecular complexity index is 776. The van der Waals surface area contributed by atoms with E-state index >= 15 is 0 Å². The molecule has 2 fully saturated rings. The number of carbonyl (C=O) groups excluding carboxylic acids is 1. The minimum atomic E-state index is -0.171. The first-order chi connectivity index (χ1) is 12.2. The summed E-state index contributed by atoms with van der Waals surface area (Å²) in [4.78, 5) is 17.9. The average Bonchev–Trinajstić information content (AvgIpc) is 3.38.